The van der Waals surface area contributed by atoms with Gasteiger partial charge in [0.2, 0.25) is 0 Å². The third-order valence-electron chi connectivity index (χ3n) is 6.50. The number of aliphatic hydroxyl groups is 1. The molecule has 1 aromatic rings. The van der Waals surface area contributed by atoms with Gasteiger partial charge in [0.25, 0.3) is 0 Å². The highest BCUT2D eigenvalue weighted by Crippen LogP contribution is 2.63. The molecule has 2 heterocycles. The molecule has 3 unspecified atom stereocenters. The zero-order chi connectivity index (χ0) is 15.3. The zero-order valence-corrected chi connectivity index (χ0v) is 12.4. The molecule has 2 bridgehead atoms. The first-order valence-corrected chi connectivity index (χ1v) is 7.93. The van der Waals surface area contributed by atoms with Crippen LogP contribution in [0.15, 0.2) is 12.1 Å². The van der Waals surface area contributed by atoms with Crippen molar-refractivity contribution in [3.63, 3.8) is 0 Å². The molecule has 2 fully saturated rings. The van der Waals surface area contributed by atoms with E-state index in [9.17, 15) is 14.3 Å². The second-order valence-corrected chi connectivity index (χ2v) is 7.22. The van der Waals surface area contributed by atoms with E-state index in [0.717, 1.165) is 17.7 Å². The Hall–Kier alpha value is -1.46. The SMILES string of the molecule is CN1CCC23c4c5ccc(F)c4O[C@H]2C(=O)CCC3(O)C1C5. The molecule has 4 aliphatic rings. The highest BCUT2D eigenvalue weighted by atomic mass is 19.1. The van der Waals surface area contributed by atoms with Gasteiger partial charge in [-0.05, 0) is 44.5 Å². The lowest BCUT2D eigenvalue weighted by atomic mass is 9.49. The van der Waals surface area contributed by atoms with Crippen LogP contribution in [0.3, 0.4) is 0 Å². The van der Waals surface area contributed by atoms with Crippen molar-refractivity contribution in [2.75, 3.05) is 13.6 Å². The maximum atomic E-state index is 14.3. The monoisotopic (exact) mass is 303 g/mol. The Bertz CT molecular complexity index is 720. The molecular weight excluding hydrogens is 285 g/mol. The predicted molar refractivity (Wildman–Crippen MR) is 76.4 cm³/mol. The van der Waals surface area contributed by atoms with Crippen molar-refractivity contribution < 1.29 is 19.0 Å². The van der Waals surface area contributed by atoms with Crippen molar-refractivity contribution in [2.45, 2.75) is 48.8 Å². The number of halogens is 1. The van der Waals surface area contributed by atoms with Gasteiger partial charge in [0.15, 0.2) is 23.5 Å². The number of Topliss-reactive ketones (excluding diaryl/α,β-unsaturated/α-hetero) is 1. The molecule has 4 atom stereocenters. The van der Waals surface area contributed by atoms with E-state index in [1.165, 1.54) is 6.07 Å². The number of piperidine rings is 1. The van der Waals surface area contributed by atoms with Crippen LogP contribution in [0.5, 0.6) is 5.75 Å². The second-order valence-electron chi connectivity index (χ2n) is 7.22. The quantitative estimate of drug-likeness (QED) is 0.782. The summed E-state index contributed by atoms with van der Waals surface area (Å²) in [6.45, 7) is 0.787. The number of ether oxygens (including phenoxy) is 1. The Balaban J connectivity index is 1.88. The van der Waals surface area contributed by atoms with E-state index in [4.69, 9.17) is 4.74 Å². The van der Waals surface area contributed by atoms with Crippen molar-refractivity contribution in [3.8, 4) is 5.75 Å². The van der Waals surface area contributed by atoms with E-state index in [1.807, 2.05) is 7.05 Å². The third-order valence-corrected chi connectivity index (χ3v) is 6.50. The van der Waals surface area contributed by atoms with Crippen molar-refractivity contribution in [1.29, 1.82) is 0 Å². The average molecular weight is 303 g/mol. The minimum Gasteiger partial charge on any atom is -0.478 e. The van der Waals surface area contributed by atoms with Gasteiger partial charge in [-0.1, -0.05) is 6.07 Å². The van der Waals surface area contributed by atoms with E-state index in [-0.39, 0.29) is 17.6 Å². The molecule has 5 rings (SSSR count). The Morgan fingerprint density at radius 1 is 1.41 bits per heavy atom. The summed E-state index contributed by atoms with van der Waals surface area (Å²) in [4.78, 5) is 14.7. The fourth-order valence-corrected chi connectivity index (χ4v) is 5.52. The minimum absolute atomic E-state index is 0.00331. The largest absolute Gasteiger partial charge is 0.478 e. The molecule has 1 saturated carbocycles. The van der Waals surface area contributed by atoms with Crippen molar-refractivity contribution in [1.82, 2.24) is 4.90 Å². The van der Waals surface area contributed by atoms with Crippen LogP contribution in [0, 0.1) is 5.82 Å². The summed E-state index contributed by atoms with van der Waals surface area (Å²) >= 11 is 0. The molecule has 22 heavy (non-hydrogen) atoms. The van der Waals surface area contributed by atoms with Gasteiger partial charge in [-0.3, -0.25) is 4.79 Å². The Labute approximate surface area is 127 Å². The van der Waals surface area contributed by atoms with E-state index >= 15 is 0 Å². The maximum Gasteiger partial charge on any atom is 0.174 e. The number of nitrogens with zero attached hydrogens (tertiary/aromatic N) is 1. The van der Waals surface area contributed by atoms with E-state index in [0.29, 0.717) is 25.7 Å². The van der Waals surface area contributed by atoms with E-state index < -0.39 is 22.9 Å². The standard InChI is InChI=1S/C17H18FNO3/c1-19-7-6-16-13-9-2-3-10(18)14(13)22-15(16)11(20)4-5-17(16,21)12(19)8-9/h2-3,12,15,21H,4-8H2,1H3/t12?,15-,16?,17?/m0/s1. The lowest BCUT2D eigenvalue weighted by molar-refractivity contribution is -0.185. The number of hydrogen-bond donors (Lipinski definition) is 1. The second kappa shape index (κ2) is 3.71. The zero-order valence-electron chi connectivity index (χ0n) is 12.4. The highest BCUT2D eigenvalue weighted by molar-refractivity contribution is 5.89. The summed E-state index contributed by atoms with van der Waals surface area (Å²) in [6, 6.07) is 3.18. The molecule has 0 amide bonds. The van der Waals surface area contributed by atoms with Crippen LogP contribution in [0.1, 0.15) is 30.4 Å². The van der Waals surface area contributed by atoms with Crippen molar-refractivity contribution in [3.05, 3.63) is 29.1 Å². The van der Waals surface area contributed by atoms with Crippen molar-refractivity contribution >= 4 is 5.78 Å². The maximum absolute atomic E-state index is 14.3. The van der Waals surface area contributed by atoms with Gasteiger partial charge in [0, 0.05) is 18.0 Å². The topological polar surface area (TPSA) is 49.8 Å². The average Bonchev–Trinajstić information content (AvgIpc) is 2.85. The number of hydrogen-bond acceptors (Lipinski definition) is 4. The first-order chi connectivity index (χ1) is 10.5. The minimum atomic E-state index is -1.01. The Morgan fingerprint density at radius 2 is 2.23 bits per heavy atom. The third kappa shape index (κ3) is 1.15. The van der Waals surface area contributed by atoms with Gasteiger partial charge >= 0.3 is 0 Å². The van der Waals surface area contributed by atoms with Crippen LogP contribution in [-0.4, -0.2) is 47.1 Å². The number of likely N-dealkylation sites (tertiary alicyclic amines) is 1. The first kappa shape index (κ1) is 13.0. The molecule has 1 aromatic carbocycles. The lowest BCUT2D eigenvalue weighted by Gasteiger charge is -2.61. The smallest absolute Gasteiger partial charge is 0.174 e. The number of likely N-dealkylation sites (N-methyl/N-ethyl adjacent to an activating group) is 1. The van der Waals surface area contributed by atoms with Crippen LogP contribution in [0.2, 0.25) is 0 Å². The Kier molecular flexibility index (Phi) is 2.20. The molecule has 1 N–H and O–H groups in total. The summed E-state index contributed by atoms with van der Waals surface area (Å²) < 4.78 is 20.1. The number of carbonyl (C=O) groups is 1. The van der Waals surface area contributed by atoms with Gasteiger partial charge in [0.05, 0.1) is 11.0 Å². The van der Waals surface area contributed by atoms with Gasteiger partial charge < -0.3 is 14.7 Å². The molecule has 4 nitrogen and oxygen atoms in total. The van der Waals surface area contributed by atoms with Gasteiger partial charge in [-0.15, -0.1) is 0 Å². The lowest BCUT2D eigenvalue weighted by Crippen LogP contribution is -2.76. The molecule has 2 aliphatic heterocycles. The fourth-order valence-electron chi connectivity index (χ4n) is 5.52. The molecular formula is C17H18FNO3. The molecule has 1 spiro atoms. The van der Waals surface area contributed by atoms with Crippen molar-refractivity contribution in [2.24, 2.45) is 0 Å². The summed E-state index contributed by atoms with van der Waals surface area (Å²) in [5.74, 6) is -0.217. The molecule has 1 saturated heterocycles. The van der Waals surface area contributed by atoms with Crippen LogP contribution in [0.4, 0.5) is 4.39 Å². The predicted octanol–water partition coefficient (Wildman–Crippen LogP) is 1.18. The normalized spacial score (nSPS) is 42.0. The summed E-state index contributed by atoms with van der Waals surface area (Å²) in [6.07, 6.45) is 1.33. The van der Waals surface area contributed by atoms with E-state index in [2.05, 4.69) is 4.90 Å². The number of carbonyl (C=O) groups excluding carboxylic acids is 1. The summed E-state index contributed by atoms with van der Waals surface area (Å²) in [7, 11) is 2.02. The number of ketones is 1. The highest BCUT2D eigenvalue weighted by Gasteiger charge is 2.72. The molecule has 116 valence electrons. The van der Waals surface area contributed by atoms with Gasteiger partial charge in [-0.2, -0.15) is 0 Å². The van der Waals surface area contributed by atoms with Crippen LogP contribution in [0.25, 0.3) is 0 Å². The van der Waals surface area contributed by atoms with Crippen LogP contribution >= 0.6 is 0 Å². The van der Waals surface area contributed by atoms with E-state index in [1.54, 1.807) is 6.07 Å². The summed E-state index contributed by atoms with van der Waals surface area (Å²) in [5.41, 5.74) is 0.0297. The molecule has 2 aliphatic carbocycles. The van der Waals surface area contributed by atoms with Crippen LogP contribution < -0.4 is 4.74 Å². The number of rotatable bonds is 0. The van der Waals surface area contributed by atoms with Gasteiger partial charge in [0.1, 0.15) is 0 Å². The molecule has 0 aromatic heterocycles. The van der Waals surface area contributed by atoms with Gasteiger partial charge in [-0.25, -0.2) is 4.39 Å². The molecule has 5 heteroatoms. The Morgan fingerprint density at radius 3 is 3.05 bits per heavy atom. The number of benzene rings is 1. The summed E-state index contributed by atoms with van der Waals surface area (Å²) in [5, 5.41) is 11.6. The van der Waals surface area contributed by atoms with Crippen LogP contribution in [-0.2, 0) is 16.6 Å². The first-order valence-electron chi connectivity index (χ1n) is 7.93. The fraction of sp³-hybridized carbons (Fsp3) is 0.588. The molecule has 0 radical (unpaired) electrons.